The normalized spacial score (nSPS) is 20.4. The number of allylic oxidation sites excluding steroid dienone is 1. The van der Waals surface area contributed by atoms with Crippen LogP contribution in [0.4, 0.5) is 0 Å². The molecule has 2 nitrogen and oxygen atoms in total. The van der Waals surface area contributed by atoms with E-state index in [4.69, 9.17) is 0 Å². The third-order valence-corrected chi connectivity index (χ3v) is 3.06. The maximum Gasteiger partial charge on any atom is 0.0628 e. The predicted octanol–water partition coefficient (Wildman–Crippen LogP) is 2.02. The lowest BCUT2D eigenvalue weighted by atomic mass is 9.99. The highest BCUT2D eigenvalue weighted by Gasteiger charge is 2.26. The number of hydrogen-bond acceptors (Lipinski definition) is 1. The van der Waals surface area contributed by atoms with Crippen LogP contribution in [0.25, 0.3) is 0 Å². The molecule has 1 aliphatic carbocycles. The summed E-state index contributed by atoms with van der Waals surface area (Å²) in [7, 11) is 2.03. The quantitative estimate of drug-likeness (QED) is 0.599. The summed E-state index contributed by atoms with van der Waals surface area (Å²) in [6.07, 6.45) is 2.27. The van der Waals surface area contributed by atoms with Crippen molar-refractivity contribution in [3.8, 4) is 0 Å². The van der Waals surface area contributed by atoms with Gasteiger partial charge in [-0.1, -0.05) is 12.2 Å². The molecule has 0 fully saturated rings. The Morgan fingerprint density at radius 2 is 2.23 bits per heavy atom. The molecule has 2 heteroatoms. The largest absolute Gasteiger partial charge is 0.272 e. The second kappa shape index (κ2) is 2.72. The molecule has 1 atom stereocenters. The van der Waals surface area contributed by atoms with Crippen LogP contribution in [0.2, 0.25) is 0 Å². The topological polar surface area (TPSA) is 17.8 Å². The predicted molar refractivity (Wildman–Crippen MR) is 53.7 cm³/mol. The maximum absolute atomic E-state index is 4.41. The second-order valence-electron chi connectivity index (χ2n) is 4.09. The molecule has 1 heterocycles. The minimum absolute atomic E-state index is 0.651. The van der Waals surface area contributed by atoms with Gasteiger partial charge in [-0.25, -0.2) is 0 Å². The van der Waals surface area contributed by atoms with E-state index in [-0.39, 0.29) is 0 Å². The lowest BCUT2D eigenvalue weighted by Gasteiger charge is -2.08. The highest BCUT2D eigenvalue weighted by molar-refractivity contribution is 5.33. The molecule has 0 bridgehead atoms. The summed E-state index contributed by atoms with van der Waals surface area (Å²) in [5.41, 5.74) is 5.36. The third kappa shape index (κ3) is 1.21. The zero-order chi connectivity index (χ0) is 9.59. The molecule has 13 heavy (non-hydrogen) atoms. The van der Waals surface area contributed by atoms with Crippen LogP contribution < -0.4 is 0 Å². The monoisotopic (exact) mass is 176 g/mol. The zero-order valence-electron chi connectivity index (χ0n) is 8.59. The van der Waals surface area contributed by atoms with Crippen molar-refractivity contribution in [1.29, 1.82) is 0 Å². The summed E-state index contributed by atoms with van der Waals surface area (Å²) in [5, 5.41) is 4.41. The van der Waals surface area contributed by atoms with Gasteiger partial charge in [0.15, 0.2) is 0 Å². The van der Waals surface area contributed by atoms with E-state index in [0.717, 1.165) is 12.8 Å². The van der Waals surface area contributed by atoms with E-state index in [1.54, 1.807) is 0 Å². The van der Waals surface area contributed by atoms with Crippen LogP contribution in [0.5, 0.6) is 0 Å². The molecular formula is C11H16N2. The molecule has 1 aromatic heterocycles. The van der Waals surface area contributed by atoms with Crippen molar-refractivity contribution in [3.05, 3.63) is 29.1 Å². The summed E-state index contributed by atoms with van der Waals surface area (Å²) in [6, 6.07) is 0. The first-order valence-electron chi connectivity index (χ1n) is 4.76. The second-order valence-corrected chi connectivity index (χ2v) is 4.09. The lowest BCUT2D eigenvalue weighted by molar-refractivity contribution is 0.612. The van der Waals surface area contributed by atoms with E-state index in [9.17, 15) is 0 Å². The van der Waals surface area contributed by atoms with Crippen LogP contribution in [0.1, 0.15) is 23.9 Å². The lowest BCUT2D eigenvalue weighted by Crippen LogP contribution is -2.04. The highest BCUT2D eigenvalue weighted by atomic mass is 15.3. The molecular weight excluding hydrogens is 160 g/mol. The summed E-state index contributed by atoms with van der Waals surface area (Å²) in [4.78, 5) is 0. The molecule has 2 rings (SSSR count). The van der Waals surface area contributed by atoms with Gasteiger partial charge in [0, 0.05) is 12.7 Å². The van der Waals surface area contributed by atoms with E-state index in [2.05, 4.69) is 25.5 Å². The first-order chi connectivity index (χ1) is 6.09. The Morgan fingerprint density at radius 3 is 2.77 bits per heavy atom. The summed E-state index contributed by atoms with van der Waals surface area (Å²) < 4.78 is 2.02. The molecule has 0 aliphatic heterocycles. The van der Waals surface area contributed by atoms with Gasteiger partial charge in [-0.05, 0) is 38.2 Å². The van der Waals surface area contributed by atoms with Gasteiger partial charge < -0.3 is 0 Å². The minimum atomic E-state index is 0.651. The van der Waals surface area contributed by atoms with Crippen LogP contribution in [-0.4, -0.2) is 9.78 Å². The first-order valence-corrected chi connectivity index (χ1v) is 4.76. The van der Waals surface area contributed by atoms with Gasteiger partial charge >= 0.3 is 0 Å². The molecule has 0 saturated heterocycles. The molecule has 0 aromatic carbocycles. The Bertz CT molecular complexity index is 334. The smallest absolute Gasteiger partial charge is 0.0628 e. The number of aryl methyl sites for hydroxylation is 2. The van der Waals surface area contributed by atoms with Gasteiger partial charge in [0.25, 0.3) is 0 Å². The van der Waals surface area contributed by atoms with Crippen LogP contribution in [-0.2, 0) is 19.9 Å². The van der Waals surface area contributed by atoms with Gasteiger partial charge in [-0.3, -0.25) is 4.68 Å². The van der Waals surface area contributed by atoms with Gasteiger partial charge in [-0.2, -0.15) is 5.10 Å². The van der Waals surface area contributed by atoms with E-state index < -0.39 is 0 Å². The molecule has 0 spiro atoms. The van der Waals surface area contributed by atoms with Crippen molar-refractivity contribution in [3.63, 3.8) is 0 Å². The average molecular weight is 176 g/mol. The third-order valence-electron chi connectivity index (χ3n) is 3.06. The first kappa shape index (κ1) is 8.54. The van der Waals surface area contributed by atoms with Crippen molar-refractivity contribution in [1.82, 2.24) is 9.78 Å². The standard InChI is InChI=1S/C11H16N2/c1-7(2)9-5-10-8(3)12-13(4)11(10)6-9/h9H,1,5-6H2,2-4H3/t9-/m0/s1. The molecule has 1 aromatic rings. The van der Waals surface area contributed by atoms with Crippen molar-refractivity contribution in [2.45, 2.75) is 26.7 Å². The summed E-state index contributed by atoms with van der Waals surface area (Å²) >= 11 is 0. The van der Waals surface area contributed by atoms with E-state index in [1.165, 1.54) is 22.5 Å². The van der Waals surface area contributed by atoms with Gasteiger partial charge in [0.1, 0.15) is 0 Å². The number of fused-ring (bicyclic) bond motifs is 1. The Labute approximate surface area is 79.3 Å². The van der Waals surface area contributed by atoms with E-state index in [1.807, 2.05) is 11.7 Å². The molecule has 0 saturated carbocycles. The molecule has 0 unspecified atom stereocenters. The molecule has 0 N–H and O–H groups in total. The SMILES string of the molecule is C=C(C)[C@H]1Cc2c(C)nn(C)c2C1. The minimum Gasteiger partial charge on any atom is -0.272 e. The average Bonchev–Trinajstić information content (AvgIpc) is 2.55. The number of rotatable bonds is 1. The number of hydrogen-bond donors (Lipinski definition) is 0. The summed E-state index contributed by atoms with van der Waals surface area (Å²) in [5.74, 6) is 0.651. The van der Waals surface area contributed by atoms with Crippen LogP contribution in [0.15, 0.2) is 12.2 Å². The van der Waals surface area contributed by atoms with Crippen molar-refractivity contribution in [2.24, 2.45) is 13.0 Å². The van der Waals surface area contributed by atoms with E-state index >= 15 is 0 Å². The van der Waals surface area contributed by atoms with Crippen LogP contribution in [0, 0.1) is 12.8 Å². The Hall–Kier alpha value is -1.05. The highest BCUT2D eigenvalue weighted by Crippen LogP contribution is 2.31. The van der Waals surface area contributed by atoms with Crippen molar-refractivity contribution >= 4 is 0 Å². The molecule has 70 valence electrons. The van der Waals surface area contributed by atoms with Gasteiger partial charge in [-0.15, -0.1) is 0 Å². The van der Waals surface area contributed by atoms with Gasteiger partial charge in [0.2, 0.25) is 0 Å². The fourth-order valence-electron chi connectivity index (χ4n) is 2.17. The molecule has 0 amide bonds. The molecule has 0 radical (unpaired) electrons. The van der Waals surface area contributed by atoms with Crippen LogP contribution in [0.3, 0.4) is 0 Å². The Kier molecular flexibility index (Phi) is 1.79. The van der Waals surface area contributed by atoms with Gasteiger partial charge in [0.05, 0.1) is 5.69 Å². The number of aromatic nitrogens is 2. The van der Waals surface area contributed by atoms with E-state index in [0.29, 0.717) is 5.92 Å². The van der Waals surface area contributed by atoms with Crippen LogP contribution >= 0.6 is 0 Å². The van der Waals surface area contributed by atoms with Crippen molar-refractivity contribution in [2.75, 3.05) is 0 Å². The summed E-state index contributed by atoms with van der Waals surface area (Å²) in [6.45, 7) is 8.25. The van der Waals surface area contributed by atoms with Crippen molar-refractivity contribution < 1.29 is 0 Å². The fourth-order valence-corrected chi connectivity index (χ4v) is 2.17. The molecule has 1 aliphatic rings. The number of nitrogens with zero attached hydrogens (tertiary/aromatic N) is 2. The zero-order valence-corrected chi connectivity index (χ0v) is 8.59. The Morgan fingerprint density at radius 1 is 1.54 bits per heavy atom. The fraction of sp³-hybridized carbons (Fsp3) is 0.545. The maximum atomic E-state index is 4.41. The Balaban J connectivity index is 2.36.